The van der Waals surface area contributed by atoms with Gasteiger partial charge in [0.05, 0.1) is 43.0 Å². The molecule has 3 aromatic rings. The number of nitrogens with zero attached hydrogens (tertiary/aromatic N) is 1. The Bertz CT molecular complexity index is 1300. The Morgan fingerprint density at radius 1 is 1.28 bits per heavy atom. The summed E-state index contributed by atoms with van der Waals surface area (Å²) in [6.07, 6.45) is 6.13. The summed E-state index contributed by atoms with van der Waals surface area (Å²) in [5.74, 6) is 0.525. The lowest BCUT2D eigenvalue weighted by Crippen LogP contribution is -2.39. The smallest absolute Gasteiger partial charge is 0.255 e. The van der Waals surface area contributed by atoms with E-state index in [1.807, 2.05) is 24.3 Å². The van der Waals surface area contributed by atoms with Gasteiger partial charge in [-0.05, 0) is 43.0 Å². The molecule has 9 heteroatoms. The highest BCUT2D eigenvalue weighted by Crippen LogP contribution is 2.54. The number of hydrogen-bond donors (Lipinski definition) is 3. The summed E-state index contributed by atoms with van der Waals surface area (Å²) in [6, 6.07) is 7.70. The van der Waals surface area contributed by atoms with Gasteiger partial charge in [-0.15, -0.1) is 0 Å². The minimum Gasteiger partial charge on any atom is -0.488 e. The molecule has 3 aliphatic rings. The quantitative estimate of drug-likeness (QED) is 0.431. The van der Waals surface area contributed by atoms with Gasteiger partial charge in [0.25, 0.3) is 5.91 Å². The van der Waals surface area contributed by atoms with Gasteiger partial charge in [0, 0.05) is 40.1 Å². The van der Waals surface area contributed by atoms with Crippen LogP contribution in [-0.2, 0) is 21.3 Å². The number of amides is 1. The van der Waals surface area contributed by atoms with E-state index in [9.17, 15) is 4.79 Å². The number of carbonyl (C=O) groups is 1. The van der Waals surface area contributed by atoms with E-state index in [0.29, 0.717) is 49.3 Å². The van der Waals surface area contributed by atoms with Crippen LogP contribution in [0.15, 0.2) is 36.7 Å². The molecule has 2 fully saturated rings. The summed E-state index contributed by atoms with van der Waals surface area (Å²) in [5.41, 5.74) is 5.81. The normalized spacial score (nSPS) is 20.1. The lowest BCUT2D eigenvalue weighted by Gasteiger charge is -2.23. The molecular formula is C27H29ClN4O4. The number of rotatable bonds is 7. The van der Waals surface area contributed by atoms with E-state index < -0.39 is 0 Å². The minimum atomic E-state index is -0.139. The molecule has 8 nitrogen and oxygen atoms in total. The molecule has 2 aliphatic heterocycles. The van der Waals surface area contributed by atoms with Gasteiger partial charge in [-0.2, -0.15) is 0 Å². The number of hydrogen-bond acceptors (Lipinski definition) is 6. The first-order chi connectivity index (χ1) is 17.6. The first-order valence-electron chi connectivity index (χ1n) is 12.5. The van der Waals surface area contributed by atoms with E-state index in [1.54, 1.807) is 12.4 Å². The van der Waals surface area contributed by atoms with Crippen molar-refractivity contribution in [3.05, 3.63) is 58.5 Å². The van der Waals surface area contributed by atoms with Gasteiger partial charge in [-0.3, -0.25) is 9.78 Å². The Morgan fingerprint density at radius 2 is 2.17 bits per heavy atom. The van der Waals surface area contributed by atoms with Crippen LogP contribution in [-0.4, -0.2) is 55.0 Å². The maximum atomic E-state index is 13.2. The zero-order valence-electron chi connectivity index (χ0n) is 20.2. The molecule has 1 spiro atoms. The second kappa shape index (κ2) is 9.42. The van der Waals surface area contributed by atoms with Crippen molar-refractivity contribution in [2.45, 2.75) is 37.7 Å². The lowest BCUT2D eigenvalue weighted by molar-refractivity contribution is -0.101. The number of anilines is 2. The summed E-state index contributed by atoms with van der Waals surface area (Å²) in [6.45, 7) is 4.72. The second-order valence-electron chi connectivity index (χ2n) is 9.58. The maximum absolute atomic E-state index is 13.2. The zero-order valence-corrected chi connectivity index (χ0v) is 20.9. The standard InChI is InChI=1S/C27H29ClN4O4/c1-2-17-19(28)4-3-5-20(17)31-24-22-25(27(7-8-27)15-30-26(22)33)32-23(24)18-6-9-29-12-21(18)36-14-16-13-34-10-11-35-16/h3-6,9,12,16,31-32H,2,7-8,10-11,13-15H2,1H3,(H,30,33)/t16-/m0/s1. The van der Waals surface area contributed by atoms with Crippen LogP contribution in [0.25, 0.3) is 11.3 Å². The Hall–Kier alpha value is -3.07. The van der Waals surface area contributed by atoms with Gasteiger partial charge in [0.1, 0.15) is 18.5 Å². The van der Waals surface area contributed by atoms with E-state index in [2.05, 4.69) is 27.5 Å². The van der Waals surface area contributed by atoms with E-state index in [1.165, 1.54) is 0 Å². The molecule has 1 aromatic carbocycles. The topological polar surface area (TPSA) is 97.5 Å². The number of halogens is 1. The number of aromatic amines is 1. The van der Waals surface area contributed by atoms with Gasteiger partial charge in [0.15, 0.2) is 0 Å². The van der Waals surface area contributed by atoms with Gasteiger partial charge in [-0.25, -0.2) is 0 Å². The molecule has 1 saturated carbocycles. The number of nitrogens with one attached hydrogen (secondary N) is 3. The van der Waals surface area contributed by atoms with Gasteiger partial charge >= 0.3 is 0 Å². The van der Waals surface area contributed by atoms with Gasteiger partial charge < -0.3 is 29.8 Å². The maximum Gasteiger partial charge on any atom is 0.255 e. The molecule has 6 rings (SSSR count). The highest BCUT2D eigenvalue weighted by atomic mass is 35.5. The van der Waals surface area contributed by atoms with Crippen LogP contribution in [0.4, 0.5) is 11.4 Å². The molecule has 3 N–H and O–H groups in total. The molecule has 1 saturated heterocycles. The molecule has 0 unspecified atom stereocenters. The molecule has 4 heterocycles. The van der Waals surface area contributed by atoms with Gasteiger partial charge in [0.2, 0.25) is 0 Å². The number of aromatic nitrogens is 2. The Balaban J connectivity index is 1.44. The average molecular weight is 509 g/mol. The first kappa shape index (κ1) is 23.3. The van der Waals surface area contributed by atoms with Gasteiger partial charge in [-0.1, -0.05) is 24.6 Å². The lowest BCUT2D eigenvalue weighted by atomic mass is 9.93. The van der Waals surface area contributed by atoms with Crippen molar-refractivity contribution < 1.29 is 19.0 Å². The molecule has 188 valence electrons. The number of ether oxygens (including phenoxy) is 3. The molecule has 2 aromatic heterocycles. The number of benzene rings is 1. The van der Waals surface area contributed by atoms with Crippen molar-refractivity contribution in [1.29, 1.82) is 0 Å². The summed E-state index contributed by atoms with van der Waals surface area (Å²) in [7, 11) is 0. The summed E-state index contributed by atoms with van der Waals surface area (Å²) in [5, 5.41) is 7.37. The number of pyridine rings is 1. The van der Waals surface area contributed by atoms with E-state index in [0.717, 1.165) is 53.2 Å². The largest absolute Gasteiger partial charge is 0.488 e. The molecule has 1 aliphatic carbocycles. The third-order valence-corrected chi connectivity index (χ3v) is 7.65. The van der Waals surface area contributed by atoms with Crippen molar-refractivity contribution >= 4 is 28.9 Å². The van der Waals surface area contributed by atoms with Crippen molar-refractivity contribution in [3.63, 3.8) is 0 Å². The third-order valence-electron chi connectivity index (χ3n) is 7.29. The van der Waals surface area contributed by atoms with Crippen LogP contribution in [0, 0.1) is 0 Å². The Kier molecular flexibility index (Phi) is 6.11. The fourth-order valence-electron chi connectivity index (χ4n) is 5.14. The van der Waals surface area contributed by atoms with E-state index >= 15 is 0 Å². The van der Waals surface area contributed by atoms with Crippen LogP contribution < -0.4 is 15.4 Å². The van der Waals surface area contributed by atoms with Crippen LogP contribution in [0.3, 0.4) is 0 Å². The third kappa shape index (κ3) is 4.13. The number of carbonyl (C=O) groups excluding carboxylic acids is 1. The zero-order chi connectivity index (χ0) is 24.7. The number of fused-ring (bicyclic) bond motifs is 2. The Morgan fingerprint density at radius 3 is 2.94 bits per heavy atom. The van der Waals surface area contributed by atoms with Crippen LogP contribution in [0.1, 0.15) is 41.4 Å². The predicted octanol–water partition coefficient (Wildman–Crippen LogP) is 4.61. The highest BCUT2D eigenvalue weighted by Gasteiger charge is 2.51. The molecule has 36 heavy (non-hydrogen) atoms. The van der Waals surface area contributed by atoms with Crippen molar-refractivity contribution in [1.82, 2.24) is 15.3 Å². The first-order valence-corrected chi connectivity index (χ1v) is 12.8. The van der Waals surface area contributed by atoms with Crippen molar-refractivity contribution in [3.8, 4) is 17.0 Å². The molecule has 1 atom stereocenters. The molecular weight excluding hydrogens is 480 g/mol. The van der Waals surface area contributed by atoms with Crippen LogP contribution in [0.5, 0.6) is 5.75 Å². The highest BCUT2D eigenvalue weighted by molar-refractivity contribution is 6.31. The predicted molar refractivity (Wildman–Crippen MR) is 137 cm³/mol. The molecule has 0 radical (unpaired) electrons. The summed E-state index contributed by atoms with van der Waals surface area (Å²) in [4.78, 5) is 21.2. The van der Waals surface area contributed by atoms with Crippen molar-refractivity contribution in [2.75, 3.05) is 38.3 Å². The summed E-state index contributed by atoms with van der Waals surface area (Å²) >= 11 is 6.52. The summed E-state index contributed by atoms with van der Waals surface area (Å²) < 4.78 is 17.4. The average Bonchev–Trinajstić information content (AvgIpc) is 3.58. The SMILES string of the molecule is CCc1c(Cl)cccc1Nc1c(-c2ccncc2OC[C@@H]2COCCO2)[nH]c2c1C(=O)NCC21CC1. The number of H-pyrrole nitrogens is 1. The van der Waals surface area contributed by atoms with Crippen molar-refractivity contribution in [2.24, 2.45) is 0 Å². The molecule has 0 bridgehead atoms. The second-order valence-corrected chi connectivity index (χ2v) is 9.99. The van der Waals surface area contributed by atoms with Crippen LogP contribution in [0.2, 0.25) is 5.02 Å². The monoisotopic (exact) mass is 508 g/mol. The van der Waals surface area contributed by atoms with Crippen LogP contribution >= 0.6 is 11.6 Å². The van der Waals surface area contributed by atoms with E-state index in [4.69, 9.17) is 25.8 Å². The fourth-order valence-corrected chi connectivity index (χ4v) is 5.45. The fraction of sp³-hybridized carbons (Fsp3) is 0.407. The van der Waals surface area contributed by atoms with E-state index in [-0.39, 0.29) is 17.4 Å². The Labute approximate surface area is 214 Å². The minimum absolute atomic E-state index is 0.0405. The molecule has 1 amide bonds.